The number of amides is 1. The second kappa shape index (κ2) is 7.23. The summed E-state index contributed by atoms with van der Waals surface area (Å²) in [7, 11) is 0. The van der Waals surface area contributed by atoms with Crippen LogP contribution in [0.15, 0.2) is 48.8 Å². The summed E-state index contributed by atoms with van der Waals surface area (Å²) in [5.41, 5.74) is 2.89. The molecule has 1 atom stereocenters. The van der Waals surface area contributed by atoms with Gasteiger partial charge in [-0.05, 0) is 47.5 Å². The van der Waals surface area contributed by atoms with Crippen LogP contribution in [0.4, 0.5) is 0 Å². The fraction of sp³-hybridized carbons (Fsp3) is 0.143. The number of carbonyl (C=O) groups is 2. The largest absolute Gasteiger partial charge is 0.508 e. The van der Waals surface area contributed by atoms with Gasteiger partial charge in [0.15, 0.2) is 0 Å². The first-order chi connectivity index (χ1) is 13.9. The monoisotopic (exact) mass is 393 g/mol. The summed E-state index contributed by atoms with van der Waals surface area (Å²) >= 11 is 0. The molecule has 0 spiro atoms. The Bertz CT molecular complexity index is 1220. The van der Waals surface area contributed by atoms with E-state index in [0.717, 1.165) is 11.0 Å². The average molecular weight is 393 g/mol. The number of phenolic OH excluding ortho intramolecular Hbond substituents is 2. The third-order valence-electron chi connectivity index (χ3n) is 4.91. The molecule has 1 amide bonds. The van der Waals surface area contributed by atoms with Crippen LogP contribution >= 0.6 is 0 Å². The van der Waals surface area contributed by atoms with Gasteiger partial charge in [-0.25, -0.2) is 4.79 Å². The molecular weight excluding hydrogens is 374 g/mol. The van der Waals surface area contributed by atoms with E-state index < -0.39 is 17.9 Å². The summed E-state index contributed by atoms with van der Waals surface area (Å²) in [6, 6.07) is 8.48. The van der Waals surface area contributed by atoms with E-state index in [0.29, 0.717) is 21.9 Å². The molecule has 8 nitrogen and oxygen atoms in total. The molecule has 4 aromatic rings. The Morgan fingerprint density at radius 3 is 2.03 bits per heavy atom. The van der Waals surface area contributed by atoms with E-state index >= 15 is 0 Å². The standard InChI is InChI=1S/C21H19N3O5/c25-13-1-3-17-15(7-13)11(9-22-17)5-19(21(28)29)24-20(27)6-12-10-23-18-4-2-14(26)8-16(12)18/h1-4,7-10,19,22-23,25-26H,5-6H2,(H,24,27)(H,28,29)/t19-/m0/s1. The number of carboxylic acid groups (broad SMARTS) is 1. The molecule has 29 heavy (non-hydrogen) atoms. The number of phenols is 2. The number of carbonyl (C=O) groups excluding carboxylic acids is 1. The van der Waals surface area contributed by atoms with Crippen LogP contribution in [0, 0.1) is 0 Å². The summed E-state index contributed by atoms with van der Waals surface area (Å²) in [4.78, 5) is 30.3. The molecule has 6 N–H and O–H groups in total. The van der Waals surface area contributed by atoms with Gasteiger partial charge in [-0.15, -0.1) is 0 Å². The van der Waals surface area contributed by atoms with Crippen molar-refractivity contribution in [3.05, 3.63) is 59.9 Å². The Balaban J connectivity index is 1.51. The van der Waals surface area contributed by atoms with Gasteiger partial charge in [0.05, 0.1) is 6.42 Å². The zero-order chi connectivity index (χ0) is 20.5. The van der Waals surface area contributed by atoms with E-state index in [1.165, 1.54) is 6.07 Å². The van der Waals surface area contributed by atoms with Gasteiger partial charge in [-0.3, -0.25) is 4.79 Å². The molecule has 0 unspecified atom stereocenters. The molecule has 4 rings (SSSR count). The van der Waals surface area contributed by atoms with Crippen molar-refractivity contribution < 1.29 is 24.9 Å². The minimum atomic E-state index is -1.15. The molecule has 0 bridgehead atoms. The van der Waals surface area contributed by atoms with E-state index in [-0.39, 0.29) is 24.3 Å². The first-order valence-electron chi connectivity index (χ1n) is 9.01. The molecule has 0 saturated heterocycles. The lowest BCUT2D eigenvalue weighted by Gasteiger charge is -2.14. The predicted molar refractivity (Wildman–Crippen MR) is 107 cm³/mol. The van der Waals surface area contributed by atoms with Gasteiger partial charge in [-0.1, -0.05) is 0 Å². The van der Waals surface area contributed by atoms with E-state index in [2.05, 4.69) is 15.3 Å². The van der Waals surface area contributed by atoms with Crippen LogP contribution in [0.2, 0.25) is 0 Å². The lowest BCUT2D eigenvalue weighted by Crippen LogP contribution is -2.43. The molecule has 8 heteroatoms. The van der Waals surface area contributed by atoms with Gasteiger partial charge >= 0.3 is 5.97 Å². The van der Waals surface area contributed by atoms with E-state index in [9.17, 15) is 24.9 Å². The number of nitrogens with one attached hydrogen (secondary N) is 3. The molecule has 0 saturated carbocycles. The zero-order valence-corrected chi connectivity index (χ0v) is 15.3. The summed E-state index contributed by atoms with van der Waals surface area (Å²) in [6.45, 7) is 0. The van der Waals surface area contributed by atoms with E-state index in [1.807, 2.05) is 0 Å². The molecule has 0 aliphatic rings. The third-order valence-corrected chi connectivity index (χ3v) is 4.91. The molecular formula is C21H19N3O5. The van der Waals surface area contributed by atoms with Gasteiger partial charge in [0, 0.05) is 40.6 Å². The molecule has 0 radical (unpaired) electrons. The highest BCUT2D eigenvalue weighted by atomic mass is 16.4. The van der Waals surface area contributed by atoms with Gasteiger partial charge in [-0.2, -0.15) is 0 Å². The molecule has 2 aromatic carbocycles. The number of hydrogen-bond acceptors (Lipinski definition) is 4. The number of fused-ring (bicyclic) bond motifs is 2. The zero-order valence-electron chi connectivity index (χ0n) is 15.3. The van der Waals surface area contributed by atoms with Crippen LogP contribution in [-0.4, -0.2) is 43.2 Å². The summed E-state index contributed by atoms with van der Waals surface area (Å²) in [6.07, 6.45) is 3.39. The number of aromatic hydroxyl groups is 2. The summed E-state index contributed by atoms with van der Waals surface area (Å²) in [5.74, 6) is -1.42. The molecule has 0 fully saturated rings. The second-order valence-electron chi connectivity index (χ2n) is 6.93. The maximum absolute atomic E-state index is 12.5. The van der Waals surface area contributed by atoms with Gasteiger partial charge in [0.1, 0.15) is 17.5 Å². The van der Waals surface area contributed by atoms with Gasteiger partial charge in [0.2, 0.25) is 5.91 Å². The molecule has 2 aromatic heterocycles. The average Bonchev–Trinajstić information content (AvgIpc) is 3.25. The number of aromatic amines is 2. The Kier molecular flexibility index (Phi) is 4.59. The lowest BCUT2D eigenvalue weighted by molar-refractivity contribution is -0.141. The maximum Gasteiger partial charge on any atom is 0.326 e. The third kappa shape index (κ3) is 3.73. The first kappa shape index (κ1) is 18.4. The van der Waals surface area contributed by atoms with Crippen molar-refractivity contribution in [2.45, 2.75) is 18.9 Å². The Hall–Kier alpha value is -3.94. The van der Waals surface area contributed by atoms with Crippen LogP contribution < -0.4 is 5.32 Å². The molecule has 148 valence electrons. The van der Waals surface area contributed by atoms with Crippen molar-refractivity contribution >= 4 is 33.7 Å². The normalized spacial score (nSPS) is 12.3. The highest BCUT2D eigenvalue weighted by Gasteiger charge is 2.22. The number of benzene rings is 2. The highest BCUT2D eigenvalue weighted by Crippen LogP contribution is 2.25. The minimum Gasteiger partial charge on any atom is -0.508 e. The van der Waals surface area contributed by atoms with Crippen molar-refractivity contribution in [2.75, 3.05) is 0 Å². The number of H-pyrrole nitrogens is 2. The fourth-order valence-corrected chi connectivity index (χ4v) is 3.49. The maximum atomic E-state index is 12.5. The van der Waals surface area contributed by atoms with E-state index in [1.54, 1.807) is 42.7 Å². The van der Waals surface area contributed by atoms with Crippen LogP contribution in [0.25, 0.3) is 21.8 Å². The van der Waals surface area contributed by atoms with Crippen LogP contribution in [0.1, 0.15) is 11.1 Å². The Morgan fingerprint density at radius 2 is 1.45 bits per heavy atom. The van der Waals surface area contributed by atoms with Crippen molar-refractivity contribution in [1.29, 1.82) is 0 Å². The number of carboxylic acids is 1. The predicted octanol–water partition coefficient (Wildman–Crippen LogP) is 2.42. The number of aromatic nitrogens is 2. The Labute approximate surface area is 164 Å². The molecule has 2 heterocycles. The van der Waals surface area contributed by atoms with Crippen LogP contribution in [-0.2, 0) is 22.4 Å². The van der Waals surface area contributed by atoms with Crippen LogP contribution in [0.5, 0.6) is 11.5 Å². The Morgan fingerprint density at radius 1 is 0.897 bits per heavy atom. The molecule has 0 aliphatic carbocycles. The van der Waals surface area contributed by atoms with Gasteiger partial charge < -0.3 is 30.6 Å². The second-order valence-corrected chi connectivity index (χ2v) is 6.93. The smallest absolute Gasteiger partial charge is 0.326 e. The minimum absolute atomic E-state index is 0.0259. The number of hydrogen-bond donors (Lipinski definition) is 6. The first-order valence-corrected chi connectivity index (χ1v) is 9.01. The SMILES string of the molecule is O=C(Cc1c[nH]c2ccc(O)cc12)N[C@@H](Cc1c[nH]c2ccc(O)cc12)C(=O)O. The summed E-state index contributed by atoms with van der Waals surface area (Å²) in [5, 5.41) is 32.9. The van der Waals surface area contributed by atoms with Crippen molar-refractivity contribution in [1.82, 2.24) is 15.3 Å². The topological polar surface area (TPSA) is 138 Å². The van der Waals surface area contributed by atoms with Gasteiger partial charge in [0.25, 0.3) is 0 Å². The van der Waals surface area contributed by atoms with Crippen molar-refractivity contribution in [2.24, 2.45) is 0 Å². The lowest BCUT2D eigenvalue weighted by atomic mass is 10.0. The van der Waals surface area contributed by atoms with Crippen molar-refractivity contribution in [3.8, 4) is 11.5 Å². The molecule has 0 aliphatic heterocycles. The van der Waals surface area contributed by atoms with E-state index in [4.69, 9.17) is 0 Å². The number of rotatable bonds is 6. The highest BCUT2D eigenvalue weighted by molar-refractivity contribution is 5.92. The van der Waals surface area contributed by atoms with Crippen LogP contribution in [0.3, 0.4) is 0 Å². The quantitative estimate of drug-likeness (QED) is 0.299. The fourth-order valence-electron chi connectivity index (χ4n) is 3.49. The number of aliphatic carboxylic acids is 1. The summed E-state index contributed by atoms with van der Waals surface area (Å²) < 4.78 is 0. The van der Waals surface area contributed by atoms with Crippen molar-refractivity contribution in [3.63, 3.8) is 0 Å².